The molecule has 26 aromatic rings. The van der Waals surface area contributed by atoms with Crippen LogP contribution in [0.1, 0.15) is 31.8 Å². The number of aromatic amines is 1. The summed E-state index contributed by atoms with van der Waals surface area (Å²) in [5.41, 5.74) is 19.7. The fourth-order valence-corrected chi connectivity index (χ4v) is 21.4. The van der Waals surface area contributed by atoms with Gasteiger partial charge in [0.25, 0.3) is 0 Å². The third kappa shape index (κ3) is 21.3. The molecule has 0 spiro atoms. The zero-order chi connectivity index (χ0) is 100. The first-order valence-corrected chi connectivity index (χ1v) is 51.2. The van der Waals surface area contributed by atoms with Crippen LogP contribution in [-0.2, 0) is 4.57 Å². The summed E-state index contributed by atoms with van der Waals surface area (Å²) < 4.78 is 17.4. The number of hydrogen-bond acceptors (Lipinski definition) is 8. The molecule has 0 atom stereocenters. The van der Waals surface area contributed by atoms with Crippen molar-refractivity contribution < 1.29 is 24.2 Å². The standard InChI is InChI=1S/C23H14Cl2N2.2C23H13ClN2.C17H10Cl2O.C12H10OP.C10H7BCl2O2.C8H10.C7H5BrO/c24-15-10-12-16-14(13-15)9-11-18(22(16)25)17-5-1-2-6-19(17)23-26-20-7-3-4-8-21(20)27-23;2*24-15-10-12-16-14(13-15)9-11-18-17-5-1-2-6-19(17)23-25-20-7-3-4-8-21(20)26(23)22(16)18;18-13-6-8-15-11(9-13)5-7-16(17(15)19)14-4-2-1-3-12(14)10-20;13-14(11-7-3-1-4-8-11)12-9-5-2-6-10-12;12-7-2-3-8-6(5-7)1-4-9(10(8)13)11(14)15;1-7-5-3-4-6-8(7)2;8-7-4-2-1-3-6(7)5-9/h1-13H,(H,26,27);2*1-13H;1-10H;1-10H;1-5,14-15H;3-6H,1-2H3;1-5H/q;;;;+1;;;. The lowest BCUT2D eigenvalue weighted by molar-refractivity contribution is 0.111. The highest BCUT2D eigenvalue weighted by Crippen LogP contribution is 2.44. The molecule has 0 saturated carbocycles. The molecule has 0 aliphatic carbocycles. The van der Waals surface area contributed by atoms with Gasteiger partial charge in [-0.15, -0.1) is 0 Å². The van der Waals surface area contributed by atoms with Gasteiger partial charge in [-0.3, -0.25) is 18.4 Å². The zero-order valence-electron chi connectivity index (χ0n) is 77.4. The maximum absolute atomic E-state index is 12.0. The van der Waals surface area contributed by atoms with Crippen LogP contribution in [0.5, 0.6) is 0 Å². The van der Waals surface area contributed by atoms with Gasteiger partial charge in [0.05, 0.1) is 54.2 Å². The van der Waals surface area contributed by atoms with E-state index < -0.39 is 14.9 Å². The maximum Gasteiger partial charge on any atom is 0.489 e. The number of imidazole rings is 3. The van der Waals surface area contributed by atoms with Crippen LogP contribution in [0.15, 0.2) is 435 Å². The molecule has 3 N–H and O–H groups in total. The van der Waals surface area contributed by atoms with E-state index in [0.717, 1.165) is 159 Å². The van der Waals surface area contributed by atoms with E-state index in [0.29, 0.717) is 46.7 Å². The number of para-hydroxylation sites is 6. The molecule has 26 rings (SSSR count). The molecule has 0 aliphatic rings. The van der Waals surface area contributed by atoms with Crippen molar-refractivity contribution in [1.29, 1.82) is 0 Å². The summed E-state index contributed by atoms with van der Waals surface area (Å²) in [6, 6.07) is 141. The van der Waals surface area contributed by atoms with E-state index in [4.69, 9.17) is 118 Å². The number of aldehydes is 2. The first kappa shape index (κ1) is 99.3. The Labute approximate surface area is 884 Å². The van der Waals surface area contributed by atoms with Crippen molar-refractivity contribution in [3.05, 3.63) is 498 Å². The number of benzene rings is 21. The van der Waals surface area contributed by atoms with Gasteiger partial charge in [0.1, 0.15) is 17.1 Å². The van der Waals surface area contributed by atoms with Crippen molar-refractivity contribution >= 4 is 294 Å². The molecule has 704 valence electrons. The van der Waals surface area contributed by atoms with Crippen LogP contribution in [0.25, 0.3) is 175 Å². The van der Waals surface area contributed by atoms with E-state index in [1.54, 1.807) is 42.5 Å². The number of carbonyl (C=O) groups is 2. The maximum atomic E-state index is 12.0. The van der Waals surface area contributed by atoms with Crippen LogP contribution in [-0.4, -0.2) is 58.5 Å². The second-order valence-corrected chi connectivity index (χ2v) is 39.9. The molecule has 5 heterocycles. The monoisotopic (exact) mass is 2120 g/mol. The van der Waals surface area contributed by atoms with Crippen molar-refractivity contribution in [3.63, 3.8) is 0 Å². The number of nitrogens with one attached hydrogen (secondary N) is 1. The van der Waals surface area contributed by atoms with E-state index >= 15 is 0 Å². The van der Waals surface area contributed by atoms with E-state index in [1.807, 2.05) is 224 Å². The molecule has 22 heteroatoms. The number of fused-ring (bicyclic) bond motifs is 24. The number of halogens is 9. The summed E-state index contributed by atoms with van der Waals surface area (Å²) in [6.45, 7) is 4.24. The molecule has 11 nitrogen and oxygen atoms in total. The van der Waals surface area contributed by atoms with Gasteiger partial charge >= 0.3 is 14.9 Å². The van der Waals surface area contributed by atoms with Crippen LogP contribution in [0.2, 0.25) is 40.2 Å². The van der Waals surface area contributed by atoms with Gasteiger partial charge in [-0.25, -0.2) is 15.0 Å². The van der Waals surface area contributed by atoms with Crippen molar-refractivity contribution in [1.82, 2.24) is 28.7 Å². The Hall–Kier alpha value is -14.4. The molecule has 0 aliphatic heterocycles. The molecule has 21 aromatic carbocycles. The molecule has 5 aromatic heterocycles. The minimum absolute atomic E-state index is 0.298. The number of aryl methyl sites for hydroxylation is 2. The average molecular weight is 2130 g/mol. The first-order chi connectivity index (χ1) is 70.6. The summed E-state index contributed by atoms with van der Waals surface area (Å²) in [5, 5.41) is 42.5. The van der Waals surface area contributed by atoms with Crippen molar-refractivity contribution in [2.45, 2.75) is 13.8 Å². The second kappa shape index (κ2) is 44.8. The lowest BCUT2D eigenvalue weighted by Gasteiger charge is -2.12. The second-order valence-electron chi connectivity index (χ2n) is 34.1. The number of nitrogens with zero attached hydrogens (tertiary/aromatic N) is 5. The number of rotatable bonds is 8. The number of hydrogen-bond donors (Lipinski definition) is 3. The summed E-state index contributed by atoms with van der Waals surface area (Å²) in [6.07, 6.45) is 1.67. The SMILES string of the molecule is Cc1ccccc1C.Clc1ccc2c(Cl)c(-c3ccccc3-c3nc4ccccc4[nH]3)ccc2c1.Clc1ccc2c(ccc3c4ccccc4c4nc5ccccc5n4c23)c1.Clc1ccc2c(ccc3c4ccccc4c4nc5ccccc5n4c23)c1.O=Cc1ccccc1-c1ccc2cc(Cl)ccc2c1Cl.O=Cc1ccccc1Br.O=[P+](c1ccccc1)c1ccccc1.OB(O)c1ccc2cc(Cl)ccc2c1Cl. The Balaban J connectivity index is 0.000000108. The fraction of sp³-hybridized carbons (Fsp3) is 0.0163. The highest BCUT2D eigenvalue weighted by molar-refractivity contribution is 9.10. The van der Waals surface area contributed by atoms with E-state index in [2.05, 4.69) is 207 Å². The Kier molecular flexibility index (Phi) is 30.7. The molecular formula is C123H82BBrCl8N6O5P+. The number of H-pyrrole nitrogens is 1. The van der Waals surface area contributed by atoms with Gasteiger partial charge in [0.15, 0.2) is 23.2 Å². The molecule has 0 fully saturated rings. The topological polar surface area (TPSA) is 155 Å². The first-order valence-electron chi connectivity index (χ1n) is 46.1. The van der Waals surface area contributed by atoms with Gasteiger partial charge in [0.2, 0.25) is 0 Å². The highest BCUT2D eigenvalue weighted by atomic mass is 79.9. The number of aromatic nitrogens is 6. The molecule has 0 amide bonds. The summed E-state index contributed by atoms with van der Waals surface area (Å²) in [7, 11) is -2.98. The predicted octanol–water partition coefficient (Wildman–Crippen LogP) is 35.0. The third-order valence-electron chi connectivity index (χ3n) is 25.1. The van der Waals surface area contributed by atoms with Crippen LogP contribution in [0, 0.1) is 13.8 Å². The van der Waals surface area contributed by atoms with Crippen molar-refractivity contribution in [3.8, 4) is 33.6 Å². The van der Waals surface area contributed by atoms with Crippen molar-refractivity contribution in [2.24, 2.45) is 0 Å². The number of carbonyl (C=O) groups excluding carboxylic acids is 2. The van der Waals surface area contributed by atoms with Crippen LogP contribution < -0.4 is 16.1 Å². The minimum Gasteiger partial charge on any atom is -0.423 e. The van der Waals surface area contributed by atoms with E-state index in [-0.39, 0.29) is 0 Å². The highest BCUT2D eigenvalue weighted by Gasteiger charge is 2.25. The van der Waals surface area contributed by atoms with Gasteiger partial charge in [0, 0.05) is 116 Å². The van der Waals surface area contributed by atoms with E-state index in [9.17, 15) is 14.2 Å². The van der Waals surface area contributed by atoms with E-state index in [1.165, 1.54) is 65.3 Å². The quantitative estimate of drug-likeness (QED) is 0.0588. The normalized spacial score (nSPS) is 11.0. The lowest BCUT2D eigenvalue weighted by Crippen LogP contribution is -2.30. The van der Waals surface area contributed by atoms with Gasteiger partial charge in [-0.1, -0.05) is 417 Å². The lowest BCUT2D eigenvalue weighted by atomic mass is 9.79. The average Bonchev–Trinajstić information content (AvgIpc) is 1.45. The predicted molar refractivity (Wildman–Crippen MR) is 619 cm³/mol. The van der Waals surface area contributed by atoms with Gasteiger partial charge in [-0.05, 0) is 201 Å². The van der Waals surface area contributed by atoms with Gasteiger partial charge in [-0.2, -0.15) is 0 Å². The fourth-order valence-electron chi connectivity index (χ4n) is 18.0. The summed E-state index contributed by atoms with van der Waals surface area (Å²) >= 11 is 53.0. The largest absolute Gasteiger partial charge is 0.489 e. The number of pyridine rings is 2. The molecule has 0 bridgehead atoms. The van der Waals surface area contributed by atoms with Crippen LogP contribution >= 0.6 is 117 Å². The Morgan fingerprint density at radius 2 is 0.648 bits per heavy atom. The molecular weight excluding hydrogens is 2050 g/mol. The van der Waals surface area contributed by atoms with Gasteiger partial charge < -0.3 is 15.0 Å². The molecule has 0 unspecified atom stereocenters. The zero-order valence-corrected chi connectivity index (χ0v) is 86.0. The Morgan fingerprint density at radius 3 is 1.09 bits per heavy atom. The van der Waals surface area contributed by atoms with Crippen molar-refractivity contribution in [2.75, 3.05) is 0 Å². The smallest absolute Gasteiger partial charge is 0.423 e. The van der Waals surface area contributed by atoms with Crippen LogP contribution in [0.4, 0.5) is 0 Å². The minimum atomic E-state index is -1.56. The third-order valence-corrected chi connectivity index (χ3v) is 29.8. The summed E-state index contributed by atoms with van der Waals surface area (Å²) in [5.74, 6) is 0.832. The molecule has 0 radical (unpaired) electrons. The molecule has 145 heavy (non-hydrogen) atoms. The summed E-state index contributed by atoms with van der Waals surface area (Å²) in [4.78, 5) is 39.4. The Bertz CT molecular complexity index is 9140. The Morgan fingerprint density at radius 1 is 0.303 bits per heavy atom. The van der Waals surface area contributed by atoms with Crippen LogP contribution in [0.3, 0.4) is 0 Å². The molecule has 0 saturated heterocycles.